The number of phenols is 1. The number of aromatic hydroxyl groups is 1. The molecule has 0 atom stereocenters. The van der Waals surface area contributed by atoms with E-state index in [1.165, 1.54) is 7.11 Å². The fourth-order valence-corrected chi connectivity index (χ4v) is 1.20. The zero-order valence-corrected chi connectivity index (χ0v) is 10.4. The van der Waals surface area contributed by atoms with Crippen molar-refractivity contribution in [2.24, 2.45) is 0 Å². The molecule has 1 aromatic carbocycles. The number of hydrogen-bond acceptors (Lipinski definition) is 3. The van der Waals surface area contributed by atoms with Crippen LogP contribution < -0.4 is 4.74 Å². The molecule has 16 heavy (non-hydrogen) atoms. The first kappa shape index (κ1) is 14.5. The maximum absolute atomic E-state index is 10.8. The molecule has 1 N–H and O–H groups in total. The van der Waals surface area contributed by atoms with E-state index < -0.39 is 0 Å². The summed E-state index contributed by atoms with van der Waals surface area (Å²) < 4.78 is 4.96. The molecule has 0 aromatic heterocycles. The first-order chi connectivity index (χ1) is 7.63. The molecule has 0 saturated carbocycles. The van der Waals surface area contributed by atoms with Crippen LogP contribution in [0.1, 0.15) is 32.8 Å². The minimum Gasteiger partial charge on any atom is -0.504 e. The van der Waals surface area contributed by atoms with Crippen molar-refractivity contribution in [3.63, 3.8) is 0 Å². The largest absolute Gasteiger partial charge is 0.504 e. The zero-order chi connectivity index (χ0) is 12.6. The number of phenolic OH excluding ortho intramolecular Hbond substituents is 1. The van der Waals surface area contributed by atoms with E-state index in [2.05, 4.69) is 0 Å². The van der Waals surface area contributed by atoms with E-state index in [-0.39, 0.29) is 11.5 Å². The molecule has 0 aliphatic heterocycles. The number of hydrogen-bond donors (Lipinski definition) is 1. The molecule has 0 saturated heterocycles. The third kappa shape index (κ3) is 4.82. The third-order valence-electron chi connectivity index (χ3n) is 2.01. The van der Waals surface area contributed by atoms with E-state index in [0.717, 1.165) is 5.56 Å². The first-order valence-electron chi connectivity index (χ1n) is 5.49. The lowest BCUT2D eigenvalue weighted by molar-refractivity contribution is -0.116. The Balaban J connectivity index is 0.00000106. The molecule has 0 amide bonds. The molecule has 0 heterocycles. The van der Waals surface area contributed by atoms with Gasteiger partial charge in [-0.3, -0.25) is 0 Å². The number of methoxy groups -OCH3 is 1. The Morgan fingerprint density at radius 2 is 2.00 bits per heavy atom. The maximum atomic E-state index is 10.8. The van der Waals surface area contributed by atoms with Crippen LogP contribution >= 0.6 is 0 Å². The highest BCUT2D eigenvalue weighted by atomic mass is 16.5. The van der Waals surface area contributed by atoms with Gasteiger partial charge < -0.3 is 14.6 Å². The fourth-order valence-electron chi connectivity index (χ4n) is 1.20. The molecule has 0 fully saturated rings. The quantitative estimate of drug-likeness (QED) is 0.855. The Kier molecular flexibility index (Phi) is 7.01. The van der Waals surface area contributed by atoms with Crippen molar-refractivity contribution < 1.29 is 14.6 Å². The molecular weight excluding hydrogens is 204 g/mol. The summed E-state index contributed by atoms with van der Waals surface area (Å²) in [6.07, 6.45) is 1.21. The van der Waals surface area contributed by atoms with Crippen LogP contribution in [0.3, 0.4) is 0 Å². The lowest BCUT2D eigenvalue weighted by atomic mass is 10.1. The Morgan fingerprint density at radius 1 is 1.38 bits per heavy atom. The zero-order valence-electron chi connectivity index (χ0n) is 10.4. The van der Waals surface area contributed by atoms with Crippen LogP contribution in [0.4, 0.5) is 0 Å². The highest BCUT2D eigenvalue weighted by molar-refractivity contribution is 5.75. The van der Waals surface area contributed by atoms with Gasteiger partial charge in [0, 0.05) is 6.42 Å². The number of carbonyl (C=O) groups excluding carboxylic acids is 1. The van der Waals surface area contributed by atoms with Crippen LogP contribution in [-0.2, 0) is 11.2 Å². The first-order valence-corrected chi connectivity index (χ1v) is 5.49. The summed E-state index contributed by atoms with van der Waals surface area (Å²) in [7, 11) is 1.50. The van der Waals surface area contributed by atoms with Gasteiger partial charge in [-0.15, -0.1) is 0 Å². The standard InChI is InChI=1S/C11H14O3.C2H6/c1-8(12)3-4-9-5-6-10(13)11(7-9)14-2;1-2/h5-7,13H,3-4H2,1-2H3;1-2H3. The smallest absolute Gasteiger partial charge is 0.160 e. The van der Waals surface area contributed by atoms with Crippen LogP contribution in [0.25, 0.3) is 0 Å². The van der Waals surface area contributed by atoms with Gasteiger partial charge in [0.1, 0.15) is 5.78 Å². The van der Waals surface area contributed by atoms with Gasteiger partial charge in [-0.25, -0.2) is 0 Å². The van der Waals surface area contributed by atoms with E-state index in [1.807, 2.05) is 13.8 Å². The highest BCUT2D eigenvalue weighted by Crippen LogP contribution is 2.26. The number of rotatable bonds is 4. The summed E-state index contributed by atoms with van der Waals surface area (Å²) in [5.74, 6) is 0.738. The third-order valence-corrected chi connectivity index (χ3v) is 2.01. The van der Waals surface area contributed by atoms with Crippen molar-refractivity contribution in [2.75, 3.05) is 7.11 Å². The van der Waals surface area contributed by atoms with E-state index >= 15 is 0 Å². The Bertz CT molecular complexity index is 332. The second kappa shape index (κ2) is 7.74. The van der Waals surface area contributed by atoms with Gasteiger partial charge >= 0.3 is 0 Å². The Labute approximate surface area is 97.1 Å². The average molecular weight is 224 g/mol. The highest BCUT2D eigenvalue weighted by Gasteiger charge is 2.03. The number of carbonyl (C=O) groups is 1. The summed E-state index contributed by atoms with van der Waals surface area (Å²) >= 11 is 0. The number of aryl methyl sites for hydroxylation is 1. The Hall–Kier alpha value is -1.51. The van der Waals surface area contributed by atoms with Gasteiger partial charge in [-0.2, -0.15) is 0 Å². The predicted molar refractivity (Wildman–Crippen MR) is 65.0 cm³/mol. The fraction of sp³-hybridized carbons (Fsp3) is 0.462. The van der Waals surface area contributed by atoms with Crippen LogP contribution in [0, 0.1) is 0 Å². The minimum atomic E-state index is 0.124. The summed E-state index contributed by atoms with van der Waals surface area (Å²) in [5.41, 5.74) is 0.995. The molecule has 0 bridgehead atoms. The average Bonchev–Trinajstić information content (AvgIpc) is 2.30. The van der Waals surface area contributed by atoms with Crippen molar-refractivity contribution in [2.45, 2.75) is 33.6 Å². The van der Waals surface area contributed by atoms with E-state index in [9.17, 15) is 9.90 Å². The molecule has 0 spiro atoms. The summed E-state index contributed by atoms with van der Waals surface area (Å²) in [5, 5.41) is 9.32. The number of ether oxygens (including phenoxy) is 1. The monoisotopic (exact) mass is 224 g/mol. The Morgan fingerprint density at radius 3 is 2.50 bits per heavy atom. The summed E-state index contributed by atoms with van der Waals surface area (Å²) in [6.45, 7) is 5.57. The molecule has 0 aliphatic carbocycles. The second-order valence-electron chi connectivity index (χ2n) is 3.21. The normalized spacial score (nSPS) is 9.00. The van der Waals surface area contributed by atoms with Gasteiger partial charge in [-0.05, 0) is 31.0 Å². The molecule has 1 aromatic rings. The van der Waals surface area contributed by atoms with Gasteiger partial charge in [0.25, 0.3) is 0 Å². The number of benzene rings is 1. The summed E-state index contributed by atoms with van der Waals surface area (Å²) in [4.78, 5) is 10.8. The van der Waals surface area contributed by atoms with Crippen molar-refractivity contribution >= 4 is 5.78 Å². The molecule has 3 heteroatoms. The molecule has 0 radical (unpaired) electrons. The van der Waals surface area contributed by atoms with Gasteiger partial charge in [0.05, 0.1) is 7.11 Å². The molecule has 0 unspecified atom stereocenters. The lowest BCUT2D eigenvalue weighted by Crippen LogP contribution is -1.94. The van der Waals surface area contributed by atoms with Crippen molar-refractivity contribution in [3.8, 4) is 11.5 Å². The molecule has 90 valence electrons. The van der Waals surface area contributed by atoms with Crippen molar-refractivity contribution in [3.05, 3.63) is 23.8 Å². The SMILES string of the molecule is CC.COc1cc(CCC(C)=O)ccc1O. The molecule has 0 aliphatic rings. The molecule has 3 nitrogen and oxygen atoms in total. The van der Waals surface area contributed by atoms with Gasteiger partial charge in [0.15, 0.2) is 11.5 Å². The van der Waals surface area contributed by atoms with E-state index in [4.69, 9.17) is 4.74 Å². The van der Waals surface area contributed by atoms with Crippen LogP contribution in [0.15, 0.2) is 18.2 Å². The van der Waals surface area contributed by atoms with Crippen LogP contribution in [-0.4, -0.2) is 18.0 Å². The van der Waals surface area contributed by atoms with Gasteiger partial charge in [-0.1, -0.05) is 19.9 Å². The second-order valence-corrected chi connectivity index (χ2v) is 3.21. The van der Waals surface area contributed by atoms with Crippen molar-refractivity contribution in [1.29, 1.82) is 0 Å². The van der Waals surface area contributed by atoms with E-state index in [0.29, 0.717) is 18.6 Å². The van der Waals surface area contributed by atoms with Gasteiger partial charge in [0.2, 0.25) is 0 Å². The topological polar surface area (TPSA) is 46.5 Å². The predicted octanol–water partition coefficient (Wildman–Crippen LogP) is 2.95. The van der Waals surface area contributed by atoms with E-state index in [1.54, 1.807) is 25.1 Å². The lowest BCUT2D eigenvalue weighted by Gasteiger charge is -2.05. The molecular formula is C13H20O3. The van der Waals surface area contributed by atoms with Crippen molar-refractivity contribution in [1.82, 2.24) is 0 Å². The van der Waals surface area contributed by atoms with Crippen LogP contribution in [0.5, 0.6) is 11.5 Å². The van der Waals surface area contributed by atoms with Crippen LogP contribution in [0.2, 0.25) is 0 Å². The summed E-state index contributed by atoms with van der Waals surface area (Å²) in [6, 6.07) is 5.12. The minimum absolute atomic E-state index is 0.124. The number of Topliss-reactive ketones (excluding diaryl/α,β-unsaturated/α-hetero) is 1. The maximum Gasteiger partial charge on any atom is 0.160 e. The molecule has 1 rings (SSSR count). The number of ketones is 1.